The minimum Gasteiger partial charge on any atom is -0.370 e. The summed E-state index contributed by atoms with van der Waals surface area (Å²) >= 11 is 0. The van der Waals surface area contributed by atoms with Gasteiger partial charge in [0, 0.05) is 44.9 Å². The monoisotopic (exact) mass is 398 g/mol. The Hall–Kier alpha value is -2.94. The minimum absolute atomic E-state index is 0.267. The van der Waals surface area contributed by atoms with Gasteiger partial charge in [-0.3, -0.25) is 4.79 Å². The van der Waals surface area contributed by atoms with E-state index < -0.39 is 0 Å². The number of primary amides is 1. The first-order valence-corrected chi connectivity index (χ1v) is 9.90. The van der Waals surface area contributed by atoms with Crippen molar-refractivity contribution in [1.82, 2.24) is 19.9 Å². The number of anilines is 4. The van der Waals surface area contributed by atoms with E-state index in [1.165, 1.54) is 0 Å². The molecule has 2 aromatic heterocycles. The molecule has 1 aliphatic carbocycles. The van der Waals surface area contributed by atoms with Crippen LogP contribution in [0.15, 0.2) is 24.5 Å². The molecule has 1 amide bonds. The summed E-state index contributed by atoms with van der Waals surface area (Å²) in [6, 6.07) is 3.94. The topological polar surface area (TPSA) is 112 Å². The molecule has 2 aromatic rings. The largest absolute Gasteiger partial charge is 0.370 e. The average Bonchev–Trinajstić information content (AvgIpc) is 3.52. The number of likely N-dealkylation sites (N-methyl/N-ethyl adjacent to an activating group) is 2. The third-order valence-corrected chi connectivity index (χ3v) is 4.78. The molecule has 0 atom stereocenters. The Morgan fingerprint density at radius 1 is 1.17 bits per heavy atom. The lowest BCUT2D eigenvalue weighted by molar-refractivity contribution is -0.117. The lowest BCUT2D eigenvalue weighted by Crippen LogP contribution is -2.28. The zero-order chi connectivity index (χ0) is 20.8. The lowest BCUT2D eigenvalue weighted by Gasteiger charge is -2.20. The summed E-state index contributed by atoms with van der Waals surface area (Å²) in [5, 5.41) is 6.42. The normalized spacial score (nSPS) is 13.4. The molecule has 0 aromatic carbocycles. The maximum absolute atomic E-state index is 11.0. The zero-order valence-electron chi connectivity index (χ0n) is 17.4. The van der Waals surface area contributed by atoms with Crippen molar-refractivity contribution in [2.75, 3.05) is 56.3 Å². The first-order valence-electron chi connectivity index (χ1n) is 9.90. The van der Waals surface area contributed by atoms with Gasteiger partial charge in [-0.15, -0.1) is 0 Å². The van der Waals surface area contributed by atoms with Gasteiger partial charge in [0.05, 0.1) is 11.9 Å². The van der Waals surface area contributed by atoms with Crippen molar-refractivity contribution in [1.29, 1.82) is 0 Å². The van der Waals surface area contributed by atoms with Crippen LogP contribution in [0.25, 0.3) is 0 Å². The van der Waals surface area contributed by atoms with E-state index in [-0.39, 0.29) is 12.3 Å². The van der Waals surface area contributed by atoms with Crippen LogP contribution in [0.5, 0.6) is 0 Å². The van der Waals surface area contributed by atoms with Gasteiger partial charge >= 0.3 is 0 Å². The molecule has 0 aliphatic heterocycles. The Morgan fingerprint density at radius 2 is 1.97 bits per heavy atom. The van der Waals surface area contributed by atoms with Crippen molar-refractivity contribution in [2.45, 2.75) is 25.2 Å². The summed E-state index contributed by atoms with van der Waals surface area (Å²) in [7, 11) is 6.14. The second-order valence-electron chi connectivity index (χ2n) is 7.67. The Bertz CT molecular complexity index is 820. The molecule has 1 aliphatic rings. The standard InChI is InChI=1S/C20H30N8O/c1-27(2)10-11-28(3)18-7-6-15(12-23-18)25-20-24-13-16(14-4-5-14)19(26-20)22-9-8-17(21)29/h6-7,12-14H,4-5,8-11H2,1-3H3,(H2,21,29)(H2,22,24,25,26). The molecule has 9 nitrogen and oxygen atoms in total. The smallest absolute Gasteiger partial charge is 0.229 e. The van der Waals surface area contributed by atoms with Crippen molar-refractivity contribution in [3.8, 4) is 0 Å². The van der Waals surface area contributed by atoms with Gasteiger partial charge in [-0.25, -0.2) is 9.97 Å². The van der Waals surface area contributed by atoms with E-state index in [0.717, 1.165) is 48.8 Å². The van der Waals surface area contributed by atoms with Crippen LogP contribution in [0.1, 0.15) is 30.7 Å². The summed E-state index contributed by atoms with van der Waals surface area (Å²) in [6.07, 6.45) is 6.20. The van der Waals surface area contributed by atoms with Crippen molar-refractivity contribution in [3.63, 3.8) is 0 Å². The molecule has 0 bridgehead atoms. The summed E-state index contributed by atoms with van der Waals surface area (Å²) in [5.74, 6) is 2.33. The first kappa shape index (κ1) is 20.8. The van der Waals surface area contributed by atoms with Crippen LogP contribution < -0.4 is 21.3 Å². The van der Waals surface area contributed by atoms with Gasteiger partial charge in [0.25, 0.3) is 0 Å². The molecule has 0 unspecified atom stereocenters. The molecule has 0 spiro atoms. The summed E-state index contributed by atoms with van der Waals surface area (Å²) in [6.45, 7) is 2.32. The maximum atomic E-state index is 11.0. The van der Waals surface area contributed by atoms with Gasteiger partial charge in [-0.1, -0.05) is 0 Å². The number of hydrogen-bond donors (Lipinski definition) is 3. The van der Waals surface area contributed by atoms with Crippen molar-refractivity contribution >= 4 is 29.2 Å². The first-order chi connectivity index (χ1) is 13.9. The van der Waals surface area contributed by atoms with Crippen LogP contribution >= 0.6 is 0 Å². The van der Waals surface area contributed by atoms with Gasteiger partial charge in [-0.05, 0) is 45.0 Å². The fourth-order valence-corrected chi connectivity index (χ4v) is 2.87. The molecule has 2 heterocycles. The number of amides is 1. The molecule has 29 heavy (non-hydrogen) atoms. The fourth-order valence-electron chi connectivity index (χ4n) is 2.87. The van der Waals surface area contributed by atoms with E-state index in [0.29, 0.717) is 18.4 Å². The molecule has 156 valence electrons. The van der Waals surface area contributed by atoms with Crippen LogP contribution in [0.4, 0.5) is 23.3 Å². The Balaban J connectivity index is 1.65. The predicted octanol–water partition coefficient (Wildman–Crippen LogP) is 1.78. The number of hydrogen-bond acceptors (Lipinski definition) is 8. The van der Waals surface area contributed by atoms with Crippen molar-refractivity contribution < 1.29 is 4.79 Å². The van der Waals surface area contributed by atoms with Gasteiger partial charge < -0.3 is 26.2 Å². The molecule has 0 radical (unpaired) electrons. The highest BCUT2D eigenvalue weighted by Crippen LogP contribution is 2.42. The zero-order valence-corrected chi connectivity index (χ0v) is 17.4. The lowest BCUT2D eigenvalue weighted by atomic mass is 10.2. The van der Waals surface area contributed by atoms with Crippen LogP contribution in [0, 0.1) is 0 Å². The van der Waals surface area contributed by atoms with Crippen LogP contribution in [-0.4, -0.2) is 66.5 Å². The molecule has 1 saturated carbocycles. The number of nitrogens with one attached hydrogen (secondary N) is 2. The Labute approximate surface area is 171 Å². The van der Waals surface area contributed by atoms with Crippen molar-refractivity contribution in [3.05, 3.63) is 30.1 Å². The highest BCUT2D eigenvalue weighted by Gasteiger charge is 2.27. The van der Waals surface area contributed by atoms with Crippen LogP contribution in [0.2, 0.25) is 0 Å². The molecular weight excluding hydrogens is 368 g/mol. The van der Waals surface area contributed by atoms with Gasteiger partial charge in [-0.2, -0.15) is 4.98 Å². The number of carbonyl (C=O) groups excluding carboxylic acids is 1. The number of aromatic nitrogens is 3. The number of nitrogens with zero attached hydrogens (tertiary/aromatic N) is 5. The quantitative estimate of drug-likeness (QED) is 0.525. The van der Waals surface area contributed by atoms with Gasteiger partial charge in [0.15, 0.2) is 0 Å². The Kier molecular flexibility index (Phi) is 6.82. The summed E-state index contributed by atoms with van der Waals surface area (Å²) in [4.78, 5) is 28.8. The number of rotatable bonds is 11. The summed E-state index contributed by atoms with van der Waals surface area (Å²) < 4.78 is 0. The third-order valence-electron chi connectivity index (χ3n) is 4.78. The highest BCUT2D eigenvalue weighted by atomic mass is 16.1. The van der Waals surface area contributed by atoms with E-state index in [1.807, 2.05) is 25.4 Å². The van der Waals surface area contributed by atoms with Crippen LogP contribution in [0.3, 0.4) is 0 Å². The second-order valence-corrected chi connectivity index (χ2v) is 7.67. The molecule has 0 saturated heterocycles. The van der Waals surface area contributed by atoms with E-state index >= 15 is 0 Å². The van der Waals surface area contributed by atoms with E-state index in [9.17, 15) is 4.79 Å². The van der Waals surface area contributed by atoms with Crippen LogP contribution in [-0.2, 0) is 4.79 Å². The molecule has 9 heteroatoms. The second kappa shape index (κ2) is 9.51. The molecule has 1 fully saturated rings. The van der Waals surface area contributed by atoms with E-state index in [1.54, 1.807) is 6.20 Å². The number of pyridine rings is 1. The molecule has 3 rings (SSSR count). The molecular formula is C20H30N8O. The summed E-state index contributed by atoms with van der Waals surface area (Å²) in [5.41, 5.74) is 7.14. The number of carbonyl (C=O) groups is 1. The highest BCUT2D eigenvalue weighted by molar-refractivity contribution is 5.74. The van der Waals surface area contributed by atoms with Gasteiger partial charge in [0.1, 0.15) is 11.6 Å². The average molecular weight is 399 g/mol. The fraction of sp³-hybridized carbons (Fsp3) is 0.500. The van der Waals surface area contributed by atoms with E-state index in [2.05, 4.69) is 49.5 Å². The third kappa shape index (κ3) is 6.28. The Morgan fingerprint density at radius 3 is 2.59 bits per heavy atom. The van der Waals surface area contributed by atoms with E-state index in [4.69, 9.17) is 5.73 Å². The SMILES string of the molecule is CN(C)CCN(C)c1ccc(Nc2ncc(C3CC3)c(NCCC(N)=O)n2)cn1. The predicted molar refractivity (Wildman–Crippen MR) is 116 cm³/mol. The molecule has 4 N–H and O–H groups in total. The van der Waals surface area contributed by atoms with Crippen molar-refractivity contribution in [2.24, 2.45) is 5.73 Å². The van der Waals surface area contributed by atoms with Gasteiger partial charge in [0.2, 0.25) is 11.9 Å². The minimum atomic E-state index is -0.334. The number of nitrogens with two attached hydrogens (primary N) is 1. The maximum Gasteiger partial charge on any atom is 0.229 e.